The molecule has 0 radical (unpaired) electrons. The Morgan fingerprint density at radius 3 is 2.57 bits per heavy atom. The second-order valence-electron chi connectivity index (χ2n) is 5.10. The van der Waals surface area contributed by atoms with Crippen LogP contribution in [0, 0.1) is 0 Å². The molecule has 0 saturated carbocycles. The maximum atomic E-state index is 12.8. The van der Waals surface area contributed by atoms with E-state index in [9.17, 15) is 18.3 Å². The molecule has 0 fully saturated rings. The smallest absolute Gasteiger partial charge is 0.395 e. The average molecular weight is 345 g/mol. The quantitative estimate of drug-likeness (QED) is 0.867. The zero-order valence-electron chi connectivity index (χ0n) is 12.2. The van der Waals surface area contributed by atoms with Gasteiger partial charge in [0.05, 0.1) is 12.2 Å². The predicted molar refractivity (Wildman–Crippen MR) is 81.9 cm³/mol. The largest absolute Gasteiger partial charge is 0.416 e. The van der Waals surface area contributed by atoms with E-state index in [1.807, 2.05) is 11.0 Å². The molecule has 0 atom stereocenters. The van der Waals surface area contributed by atoms with Crippen molar-refractivity contribution in [1.29, 1.82) is 0 Å². The number of alkyl halides is 3. The summed E-state index contributed by atoms with van der Waals surface area (Å²) in [6.07, 6.45) is -1.09. The van der Waals surface area contributed by atoms with Crippen LogP contribution in [-0.2, 0) is 19.3 Å². The van der Waals surface area contributed by atoms with Gasteiger partial charge in [-0.2, -0.15) is 13.2 Å². The molecule has 0 amide bonds. The highest BCUT2D eigenvalue weighted by Gasteiger charge is 2.31. The van der Waals surface area contributed by atoms with Gasteiger partial charge in [-0.15, -0.1) is 0 Å². The molecule has 0 unspecified atom stereocenters. The van der Waals surface area contributed by atoms with Gasteiger partial charge in [-0.1, -0.05) is 17.7 Å². The summed E-state index contributed by atoms with van der Waals surface area (Å²) >= 11 is 6.02. The summed E-state index contributed by atoms with van der Waals surface area (Å²) in [5, 5.41) is 9.45. The topological polar surface area (TPSA) is 36.4 Å². The molecule has 1 aromatic heterocycles. The van der Waals surface area contributed by atoms with Crippen molar-refractivity contribution in [3.8, 4) is 0 Å². The molecule has 0 bridgehead atoms. The molecule has 0 aliphatic rings. The number of hydrogen-bond donors (Lipinski definition) is 1. The molecule has 23 heavy (non-hydrogen) atoms. The van der Waals surface area contributed by atoms with Gasteiger partial charge in [-0.05, 0) is 35.4 Å². The Labute approximate surface area is 137 Å². The van der Waals surface area contributed by atoms with Crippen LogP contribution >= 0.6 is 11.6 Å². The first kappa shape index (κ1) is 17.7. The lowest BCUT2D eigenvalue weighted by Gasteiger charge is -2.22. The van der Waals surface area contributed by atoms with Crippen LogP contribution in [-0.4, -0.2) is 28.1 Å². The van der Waals surface area contributed by atoms with E-state index in [2.05, 4.69) is 4.98 Å². The number of aliphatic hydroxyl groups excluding tert-OH is 1. The van der Waals surface area contributed by atoms with Crippen molar-refractivity contribution in [2.45, 2.75) is 19.3 Å². The minimum absolute atomic E-state index is 0.100. The monoisotopic (exact) mass is 344 g/mol. The van der Waals surface area contributed by atoms with E-state index in [4.69, 9.17) is 11.6 Å². The fourth-order valence-electron chi connectivity index (χ4n) is 2.22. The number of aromatic nitrogens is 1. The van der Waals surface area contributed by atoms with Crippen molar-refractivity contribution in [3.63, 3.8) is 0 Å². The third kappa shape index (κ3) is 5.20. The molecule has 1 N–H and O–H groups in total. The zero-order chi connectivity index (χ0) is 16.9. The van der Waals surface area contributed by atoms with Gasteiger partial charge in [-0.25, -0.2) is 0 Å². The molecule has 3 nitrogen and oxygen atoms in total. The van der Waals surface area contributed by atoms with E-state index in [0.717, 1.165) is 17.7 Å². The van der Waals surface area contributed by atoms with Gasteiger partial charge in [0, 0.05) is 37.1 Å². The Hall–Kier alpha value is -1.63. The molecule has 2 rings (SSSR count). The third-order valence-electron chi connectivity index (χ3n) is 3.31. The van der Waals surface area contributed by atoms with Crippen LogP contribution < -0.4 is 0 Å². The lowest BCUT2D eigenvalue weighted by Crippen LogP contribution is -2.26. The molecular weight excluding hydrogens is 329 g/mol. The van der Waals surface area contributed by atoms with Crippen molar-refractivity contribution < 1.29 is 18.3 Å². The Bertz CT molecular complexity index is 635. The summed E-state index contributed by atoms with van der Waals surface area (Å²) in [5.41, 5.74) is 0.546. The highest BCUT2D eigenvalue weighted by molar-refractivity contribution is 6.31. The normalized spacial score (nSPS) is 11.9. The average Bonchev–Trinajstić information content (AvgIpc) is 2.49. The Balaban J connectivity index is 2.19. The number of halogens is 4. The van der Waals surface area contributed by atoms with E-state index in [1.54, 1.807) is 18.5 Å². The maximum absolute atomic E-state index is 12.8. The number of benzene rings is 1. The molecule has 0 aliphatic carbocycles. The molecule has 0 saturated heterocycles. The molecule has 1 aromatic carbocycles. The summed E-state index contributed by atoms with van der Waals surface area (Å²) in [6, 6.07) is 6.91. The molecule has 2 aromatic rings. The first-order chi connectivity index (χ1) is 10.9. The first-order valence-corrected chi connectivity index (χ1v) is 7.35. The Morgan fingerprint density at radius 2 is 1.96 bits per heavy atom. The van der Waals surface area contributed by atoms with Gasteiger partial charge in [0.25, 0.3) is 0 Å². The second kappa shape index (κ2) is 7.77. The van der Waals surface area contributed by atoms with Gasteiger partial charge in [0.15, 0.2) is 0 Å². The zero-order valence-corrected chi connectivity index (χ0v) is 13.0. The van der Waals surface area contributed by atoms with Gasteiger partial charge < -0.3 is 5.11 Å². The predicted octanol–water partition coefficient (Wildman–Crippen LogP) is 3.75. The molecule has 1 heterocycles. The molecule has 0 aliphatic heterocycles. The number of nitrogens with zero attached hydrogens (tertiary/aromatic N) is 2. The van der Waals surface area contributed by atoms with Gasteiger partial charge in [0.1, 0.15) is 0 Å². The minimum atomic E-state index is -4.41. The van der Waals surface area contributed by atoms with Gasteiger partial charge in [0.2, 0.25) is 0 Å². The highest BCUT2D eigenvalue weighted by Crippen LogP contribution is 2.32. The fourth-order valence-corrected chi connectivity index (χ4v) is 2.40. The second-order valence-corrected chi connectivity index (χ2v) is 5.51. The number of hydrogen-bond acceptors (Lipinski definition) is 3. The van der Waals surface area contributed by atoms with Crippen LogP contribution in [0.25, 0.3) is 0 Å². The minimum Gasteiger partial charge on any atom is -0.395 e. The Morgan fingerprint density at radius 1 is 1.17 bits per heavy atom. The lowest BCUT2D eigenvalue weighted by molar-refractivity contribution is -0.137. The fraction of sp³-hybridized carbons (Fsp3) is 0.312. The van der Waals surface area contributed by atoms with E-state index >= 15 is 0 Å². The standard InChI is InChI=1S/C16H16ClF3N2O/c17-15-4-3-14(16(18,19)20)8-13(15)11-22(6-7-23)10-12-2-1-5-21-9-12/h1-5,8-9,23H,6-7,10-11H2. The van der Waals surface area contributed by atoms with E-state index in [0.29, 0.717) is 18.7 Å². The first-order valence-electron chi connectivity index (χ1n) is 6.98. The van der Waals surface area contributed by atoms with Crippen molar-refractivity contribution in [2.24, 2.45) is 0 Å². The van der Waals surface area contributed by atoms with Crippen molar-refractivity contribution in [1.82, 2.24) is 9.88 Å². The summed E-state index contributed by atoms with van der Waals surface area (Å²) in [5.74, 6) is 0. The van der Waals surface area contributed by atoms with E-state index < -0.39 is 11.7 Å². The summed E-state index contributed by atoms with van der Waals surface area (Å²) in [7, 11) is 0. The number of rotatable bonds is 6. The maximum Gasteiger partial charge on any atom is 0.416 e. The molecule has 7 heteroatoms. The van der Waals surface area contributed by atoms with Gasteiger partial charge in [-0.3, -0.25) is 9.88 Å². The number of pyridine rings is 1. The SMILES string of the molecule is OCCN(Cc1cccnc1)Cc1cc(C(F)(F)F)ccc1Cl. The van der Waals surface area contributed by atoms with Crippen LogP contribution in [0.3, 0.4) is 0 Å². The number of aliphatic hydroxyl groups is 1. The highest BCUT2D eigenvalue weighted by atomic mass is 35.5. The summed E-state index contributed by atoms with van der Waals surface area (Å²) in [4.78, 5) is 5.82. The van der Waals surface area contributed by atoms with Gasteiger partial charge >= 0.3 is 6.18 Å². The van der Waals surface area contributed by atoms with Crippen LogP contribution in [0.1, 0.15) is 16.7 Å². The van der Waals surface area contributed by atoms with Crippen LogP contribution in [0.5, 0.6) is 0 Å². The lowest BCUT2D eigenvalue weighted by atomic mass is 10.1. The van der Waals surface area contributed by atoms with Crippen LogP contribution in [0.15, 0.2) is 42.7 Å². The van der Waals surface area contributed by atoms with Crippen molar-refractivity contribution in [2.75, 3.05) is 13.2 Å². The Kier molecular flexibility index (Phi) is 5.98. The third-order valence-corrected chi connectivity index (χ3v) is 3.68. The van der Waals surface area contributed by atoms with E-state index in [1.165, 1.54) is 6.07 Å². The van der Waals surface area contributed by atoms with Crippen LogP contribution in [0.2, 0.25) is 5.02 Å². The van der Waals surface area contributed by atoms with Crippen molar-refractivity contribution in [3.05, 3.63) is 64.4 Å². The van der Waals surface area contributed by atoms with Crippen LogP contribution in [0.4, 0.5) is 13.2 Å². The van der Waals surface area contributed by atoms with E-state index in [-0.39, 0.29) is 18.2 Å². The summed E-state index contributed by atoms with van der Waals surface area (Å²) < 4.78 is 38.5. The van der Waals surface area contributed by atoms with Crippen molar-refractivity contribution >= 4 is 11.6 Å². The summed E-state index contributed by atoms with van der Waals surface area (Å²) in [6.45, 7) is 0.886. The molecule has 124 valence electrons. The molecular formula is C16H16ClF3N2O. The molecule has 0 spiro atoms.